The van der Waals surface area contributed by atoms with Crippen molar-refractivity contribution in [1.82, 2.24) is 0 Å². The third kappa shape index (κ3) is 6.82. The van der Waals surface area contributed by atoms with Crippen LogP contribution in [0.1, 0.15) is 19.3 Å². The molecular formula is C9H13NO. The summed E-state index contributed by atoms with van der Waals surface area (Å²) in [5.41, 5.74) is 0.908. The van der Waals surface area contributed by atoms with Gasteiger partial charge in [0.15, 0.2) is 0 Å². The van der Waals surface area contributed by atoms with Crippen molar-refractivity contribution in [1.29, 1.82) is 5.26 Å². The Morgan fingerprint density at radius 2 is 2.36 bits per heavy atom. The van der Waals surface area contributed by atoms with Gasteiger partial charge in [0.1, 0.15) is 0 Å². The highest BCUT2D eigenvalue weighted by Crippen LogP contribution is 2.00. The Hall–Kier alpha value is -1.07. The molecule has 2 heteroatoms. The predicted molar refractivity (Wildman–Crippen MR) is 44.8 cm³/mol. The van der Waals surface area contributed by atoms with Crippen LogP contribution in [0.4, 0.5) is 0 Å². The fourth-order valence-corrected chi connectivity index (χ4v) is 0.625. The van der Waals surface area contributed by atoms with Gasteiger partial charge in [0.05, 0.1) is 6.07 Å². The number of aliphatic hydroxyl groups excluding tert-OH is 1. The highest BCUT2D eigenvalue weighted by Gasteiger charge is 1.85. The number of nitrogens with zero attached hydrogens (tertiary/aromatic N) is 1. The molecule has 0 unspecified atom stereocenters. The molecule has 1 N–H and O–H groups in total. The van der Waals surface area contributed by atoms with Gasteiger partial charge < -0.3 is 5.11 Å². The zero-order chi connectivity index (χ0) is 8.53. The van der Waals surface area contributed by atoms with E-state index in [-0.39, 0.29) is 6.61 Å². The van der Waals surface area contributed by atoms with Gasteiger partial charge in [-0.25, -0.2) is 0 Å². The number of hydrogen-bond donors (Lipinski definition) is 1. The largest absolute Gasteiger partial charge is 0.396 e. The van der Waals surface area contributed by atoms with E-state index in [1.165, 1.54) is 0 Å². The van der Waals surface area contributed by atoms with E-state index in [4.69, 9.17) is 10.4 Å². The summed E-state index contributed by atoms with van der Waals surface area (Å²) in [6.45, 7) is 3.85. The Labute approximate surface area is 67.5 Å². The highest BCUT2D eigenvalue weighted by molar-refractivity contribution is 5.14. The maximum Gasteiger partial charge on any atom is 0.0625 e. The van der Waals surface area contributed by atoms with Crippen LogP contribution in [0.5, 0.6) is 0 Å². The monoisotopic (exact) mass is 151 g/mol. The molecule has 0 aromatic carbocycles. The standard InChI is InChI=1S/C9H13NO/c1-9(6-8-11)5-3-2-4-7-10/h3,5,11H,1-2,4,6,8H2/b5-3+. The molecule has 0 atom stereocenters. The van der Waals surface area contributed by atoms with Crippen LogP contribution in [0.2, 0.25) is 0 Å². The molecule has 0 saturated carbocycles. The normalized spacial score (nSPS) is 9.82. The molecule has 0 rings (SSSR count). The Bertz CT molecular complexity index is 176. The number of allylic oxidation sites excluding steroid dienone is 2. The van der Waals surface area contributed by atoms with Crippen LogP contribution >= 0.6 is 0 Å². The van der Waals surface area contributed by atoms with Gasteiger partial charge in [0, 0.05) is 13.0 Å². The number of nitriles is 1. The van der Waals surface area contributed by atoms with Gasteiger partial charge in [-0.1, -0.05) is 24.3 Å². The second kappa shape index (κ2) is 7.04. The molecule has 60 valence electrons. The number of aliphatic hydroxyl groups is 1. The predicted octanol–water partition coefficient (Wildman–Crippen LogP) is 1.78. The van der Waals surface area contributed by atoms with Gasteiger partial charge >= 0.3 is 0 Å². The quantitative estimate of drug-likeness (QED) is 0.481. The molecule has 0 radical (unpaired) electrons. The van der Waals surface area contributed by atoms with Gasteiger partial charge in [-0.05, 0) is 12.8 Å². The summed E-state index contributed by atoms with van der Waals surface area (Å²) in [6.07, 6.45) is 5.68. The maximum atomic E-state index is 8.49. The van der Waals surface area contributed by atoms with Crippen LogP contribution < -0.4 is 0 Å². The van der Waals surface area contributed by atoms with Crippen molar-refractivity contribution >= 4 is 0 Å². The first-order valence-corrected chi connectivity index (χ1v) is 3.63. The van der Waals surface area contributed by atoms with Crippen molar-refractivity contribution < 1.29 is 5.11 Å². The second-order valence-corrected chi connectivity index (χ2v) is 2.23. The van der Waals surface area contributed by atoms with Crippen LogP contribution in [0, 0.1) is 11.3 Å². The fourth-order valence-electron chi connectivity index (χ4n) is 0.625. The van der Waals surface area contributed by atoms with Crippen LogP contribution in [0.25, 0.3) is 0 Å². The molecule has 0 fully saturated rings. The van der Waals surface area contributed by atoms with E-state index in [1.807, 2.05) is 18.2 Å². The van der Waals surface area contributed by atoms with Crippen LogP contribution in [0.15, 0.2) is 24.3 Å². The molecule has 0 spiro atoms. The van der Waals surface area contributed by atoms with Crippen molar-refractivity contribution in [3.8, 4) is 6.07 Å². The molecule has 0 bridgehead atoms. The van der Waals surface area contributed by atoms with Gasteiger partial charge in [-0.15, -0.1) is 0 Å². The molecule has 0 aromatic heterocycles. The lowest BCUT2D eigenvalue weighted by molar-refractivity contribution is 0.300. The van der Waals surface area contributed by atoms with Crippen LogP contribution in [-0.2, 0) is 0 Å². The molecule has 0 amide bonds. The minimum atomic E-state index is 0.140. The number of rotatable bonds is 5. The lowest BCUT2D eigenvalue weighted by Crippen LogP contribution is -1.82. The van der Waals surface area contributed by atoms with Crippen LogP contribution in [-0.4, -0.2) is 11.7 Å². The molecule has 0 aliphatic rings. The van der Waals surface area contributed by atoms with E-state index in [0.717, 1.165) is 12.0 Å². The average Bonchev–Trinajstić information content (AvgIpc) is 1.99. The van der Waals surface area contributed by atoms with Crippen molar-refractivity contribution in [2.75, 3.05) is 6.61 Å². The van der Waals surface area contributed by atoms with Crippen molar-refractivity contribution in [3.63, 3.8) is 0 Å². The van der Waals surface area contributed by atoms with E-state index in [1.54, 1.807) is 0 Å². The SMILES string of the molecule is C=C(/C=C/CCC#N)CCO. The summed E-state index contributed by atoms with van der Waals surface area (Å²) in [6, 6.07) is 2.04. The lowest BCUT2D eigenvalue weighted by Gasteiger charge is -1.92. The zero-order valence-corrected chi connectivity index (χ0v) is 6.58. The number of unbranched alkanes of at least 4 members (excludes halogenated alkanes) is 1. The third-order valence-corrected chi connectivity index (χ3v) is 1.21. The van der Waals surface area contributed by atoms with E-state index in [0.29, 0.717) is 12.8 Å². The molecule has 0 aromatic rings. The lowest BCUT2D eigenvalue weighted by atomic mass is 10.2. The summed E-state index contributed by atoms with van der Waals surface area (Å²) in [7, 11) is 0. The second-order valence-electron chi connectivity index (χ2n) is 2.23. The van der Waals surface area contributed by atoms with E-state index < -0.39 is 0 Å². The zero-order valence-electron chi connectivity index (χ0n) is 6.58. The summed E-state index contributed by atoms with van der Waals surface area (Å²) in [5.74, 6) is 0. The first kappa shape index (κ1) is 9.93. The Kier molecular flexibility index (Phi) is 6.36. The minimum absolute atomic E-state index is 0.140. The Balaban J connectivity index is 3.42. The summed E-state index contributed by atoms with van der Waals surface area (Å²) in [4.78, 5) is 0. The van der Waals surface area contributed by atoms with Crippen molar-refractivity contribution in [2.24, 2.45) is 0 Å². The molecule has 0 aliphatic heterocycles. The molecule has 0 heterocycles. The van der Waals surface area contributed by atoms with Gasteiger partial charge in [-0.3, -0.25) is 0 Å². The van der Waals surface area contributed by atoms with Gasteiger partial charge in [0.25, 0.3) is 0 Å². The molecule has 11 heavy (non-hydrogen) atoms. The molecule has 2 nitrogen and oxygen atoms in total. The average molecular weight is 151 g/mol. The smallest absolute Gasteiger partial charge is 0.0625 e. The first-order chi connectivity index (χ1) is 5.31. The van der Waals surface area contributed by atoms with E-state index >= 15 is 0 Å². The summed E-state index contributed by atoms with van der Waals surface area (Å²) >= 11 is 0. The molecule has 0 aliphatic carbocycles. The molecule has 0 saturated heterocycles. The van der Waals surface area contributed by atoms with Gasteiger partial charge in [-0.2, -0.15) is 5.26 Å². The maximum absolute atomic E-state index is 8.49. The summed E-state index contributed by atoms with van der Waals surface area (Å²) < 4.78 is 0. The Morgan fingerprint density at radius 1 is 1.64 bits per heavy atom. The van der Waals surface area contributed by atoms with Gasteiger partial charge in [0.2, 0.25) is 0 Å². The molecular weight excluding hydrogens is 138 g/mol. The van der Waals surface area contributed by atoms with Crippen molar-refractivity contribution in [3.05, 3.63) is 24.3 Å². The minimum Gasteiger partial charge on any atom is -0.396 e. The van der Waals surface area contributed by atoms with Crippen molar-refractivity contribution in [2.45, 2.75) is 19.3 Å². The first-order valence-electron chi connectivity index (χ1n) is 3.63. The van der Waals surface area contributed by atoms with E-state index in [2.05, 4.69) is 6.58 Å². The van der Waals surface area contributed by atoms with Crippen LogP contribution in [0.3, 0.4) is 0 Å². The third-order valence-electron chi connectivity index (χ3n) is 1.21. The highest BCUT2D eigenvalue weighted by atomic mass is 16.2. The topological polar surface area (TPSA) is 44.0 Å². The summed E-state index contributed by atoms with van der Waals surface area (Å²) in [5, 5.41) is 16.7. The fraction of sp³-hybridized carbons (Fsp3) is 0.444. The Morgan fingerprint density at radius 3 is 2.91 bits per heavy atom. The number of hydrogen-bond acceptors (Lipinski definition) is 2. The van der Waals surface area contributed by atoms with E-state index in [9.17, 15) is 0 Å².